The number of unbranched alkanes of at least 4 members (excludes halogenated alkanes) is 3. The molecule has 13 heavy (non-hydrogen) atoms. The van der Waals surface area contributed by atoms with E-state index in [2.05, 4.69) is 12.2 Å². The van der Waals surface area contributed by atoms with Crippen LogP contribution in [-0.2, 0) is 4.79 Å². The first-order valence-electron chi connectivity index (χ1n) is 5.62. The SMILES string of the molecule is CCCCCCC1CCCNC1=O. The summed E-state index contributed by atoms with van der Waals surface area (Å²) in [7, 11) is 0. The number of hydrogen-bond acceptors (Lipinski definition) is 1. The van der Waals surface area contributed by atoms with Crippen LogP contribution in [0.2, 0.25) is 0 Å². The third kappa shape index (κ3) is 3.79. The summed E-state index contributed by atoms with van der Waals surface area (Å²) in [5.74, 6) is 0.619. The minimum absolute atomic E-state index is 0.294. The van der Waals surface area contributed by atoms with Gasteiger partial charge in [0.1, 0.15) is 0 Å². The van der Waals surface area contributed by atoms with E-state index >= 15 is 0 Å². The van der Waals surface area contributed by atoms with Crippen molar-refractivity contribution in [2.45, 2.75) is 51.9 Å². The maximum atomic E-state index is 11.3. The van der Waals surface area contributed by atoms with Gasteiger partial charge in [0.15, 0.2) is 0 Å². The maximum Gasteiger partial charge on any atom is 0.223 e. The van der Waals surface area contributed by atoms with Crippen LogP contribution >= 0.6 is 0 Å². The molecule has 0 spiro atoms. The Morgan fingerprint density at radius 1 is 1.38 bits per heavy atom. The van der Waals surface area contributed by atoms with E-state index in [4.69, 9.17) is 0 Å². The van der Waals surface area contributed by atoms with Gasteiger partial charge < -0.3 is 5.32 Å². The van der Waals surface area contributed by atoms with E-state index in [1.807, 2.05) is 0 Å². The second-order valence-electron chi connectivity index (χ2n) is 3.98. The molecule has 1 atom stereocenters. The Hall–Kier alpha value is -0.530. The first-order valence-corrected chi connectivity index (χ1v) is 5.62. The molecule has 0 bridgehead atoms. The molecule has 1 fully saturated rings. The Morgan fingerprint density at radius 2 is 2.23 bits per heavy atom. The van der Waals surface area contributed by atoms with E-state index in [0.717, 1.165) is 19.4 Å². The van der Waals surface area contributed by atoms with Crippen molar-refractivity contribution >= 4 is 5.91 Å². The Labute approximate surface area is 81.1 Å². The summed E-state index contributed by atoms with van der Waals surface area (Å²) in [5.41, 5.74) is 0. The number of carbonyl (C=O) groups excluding carboxylic acids is 1. The van der Waals surface area contributed by atoms with Crippen molar-refractivity contribution in [1.29, 1.82) is 0 Å². The van der Waals surface area contributed by atoms with E-state index < -0.39 is 0 Å². The molecule has 1 saturated heterocycles. The predicted octanol–water partition coefficient (Wildman–Crippen LogP) is 2.48. The van der Waals surface area contributed by atoms with Crippen molar-refractivity contribution in [3.63, 3.8) is 0 Å². The van der Waals surface area contributed by atoms with Gasteiger partial charge in [-0.05, 0) is 19.3 Å². The fourth-order valence-corrected chi connectivity index (χ4v) is 1.93. The largest absolute Gasteiger partial charge is 0.356 e. The molecule has 1 rings (SSSR count). The monoisotopic (exact) mass is 183 g/mol. The second-order valence-corrected chi connectivity index (χ2v) is 3.98. The van der Waals surface area contributed by atoms with E-state index in [-0.39, 0.29) is 0 Å². The molecule has 0 aromatic heterocycles. The molecule has 76 valence electrons. The Morgan fingerprint density at radius 3 is 2.92 bits per heavy atom. The zero-order valence-corrected chi connectivity index (χ0v) is 8.64. The van der Waals surface area contributed by atoms with Crippen LogP contribution in [0.4, 0.5) is 0 Å². The van der Waals surface area contributed by atoms with Crippen LogP contribution in [0.3, 0.4) is 0 Å². The highest BCUT2D eigenvalue weighted by atomic mass is 16.1. The summed E-state index contributed by atoms with van der Waals surface area (Å²) >= 11 is 0. The minimum atomic E-state index is 0.294. The van der Waals surface area contributed by atoms with E-state index in [1.54, 1.807) is 0 Å². The Bertz CT molecular complexity index is 156. The summed E-state index contributed by atoms with van der Waals surface area (Å²) in [5, 5.41) is 2.93. The molecular formula is C11H21NO. The zero-order chi connectivity index (χ0) is 9.52. The standard InChI is InChI=1S/C11H21NO/c1-2-3-4-5-7-10-8-6-9-12-11(10)13/h10H,2-9H2,1H3,(H,12,13). The summed E-state index contributed by atoms with van der Waals surface area (Å²) in [6.07, 6.45) is 8.49. The normalized spacial score (nSPS) is 22.8. The Kier molecular flexibility index (Phi) is 4.87. The van der Waals surface area contributed by atoms with Gasteiger partial charge >= 0.3 is 0 Å². The summed E-state index contributed by atoms with van der Waals surface area (Å²) in [6, 6.07) is 0. The average Bonchev–Trinajstić information content (AvgIpc) is 2.15. The molecule has 1 unspecified atom stereocenters. The molecule has 2 heteroatoms. The lowest BCUT2D eigenvalue weighted by Crippen LogP contribution is -2.36. The first kappa shape index (κ1) is 10.6. The fourth-order valence-electron chi connectivity index (χ4n) is 1.93. The second kappa shape index (κ2) is 6.01. The highest BCUT2D eigenvalue weighted by Crippen LogP contribution is 2.18. The van der Waals surface area contributed by atoms with Crippen LogP contribution in [0.25, 0.3) is 0 Å². The number of amides is 1. The number of piperidine rings is 1. The molecule has 1 N–H and O–H groups in total. The van der Waals surface area contributed by atoms with Crippen molar-refractivity contribution in [3.05, 3.63) is 0 Å². The van der Waals surface area contributed by atoms with Gasteiger partial charge in [-0.25, -0.2) is 0 Å². The number of nitrogens with one attached hydrogen (secondary N) is 1. The zero-order valence-electron chi connectivity index (χ0n) is 8.64. The van der Waals surface area contributed by atoms with Gasteiger partial charge in [-0.2, -0.15) is 0 Å². The molecule has 0 aromatic rings. The third-order valence-corrected chi connectivity index (χ3v) is 2.81. The topological polar surface area (TPSA) is 29.1 Å². The van der Waals surface area contributed by atoms with Gasteiger partial charge in [0.2, 0.25) is 5.91 Å². The molecule has 1 aliphatic heterocycles. The van der Waals surface area contributed by atoms with Crippen molar-refractivity contribution in [2.75, 3.05) is 6.54 Å². The third-order valence-electron chi connectivity index (χ3n) is 2.81. The van der Waals surface area contributed by atoms with Crippen molar-refractivity contribution < 1.29 is 4.79 Å². The van der Waals surface area contributed by atoms with Crippen LogP contribution < -0.4 is 5.32 Å². The van der Waals surface area contributed by atoms with Gasteiger partial charge in [-0.15, -0.1) is 0 Å². The fraction of sp³-hybridized carbons (Fsp3) is 0.909. The highest BCUT2D eigenvalue weighted by molar-refractivity contribution is 5.79. The molecule has 2 nitrogen and oxygen atoms in total. The van der Waals surface area contributed by atoms with Gasteiger partial charge in [-0.1, -0.05) is 32.6 Å². The lowest BCUT2D eigenvalue weighted by molar-refractivity contribution is -0.126. The summed E-state index contributed by atoms with van der Waals surface area (Å²) < 4.78 is 0. The molecular weight excluding hydrogens is 162 g/mol. The van der Waals surface area contributed by atoms with E-state index in [0.29, 0.717) is 11.8 Å². The molecule has 0 aliphatic carbocycles. The van der Waals surface area contributed by atoms with E-state index in [9.17, 15) is 4.79 Å². The van der Waals surface area contributed by atoms with Crippen LogP contribution in [0.5, 0.6) is 0 Å². The highest BCUT2D eigenvalue weighted by Gasteiger charge is 2.20. The lowest BCUT2D eigenvalue weighted by Gasteiger charge is -2.21. The first-order chi connectivity index (χ1) is 6.34. The molecule has 1 aliphatic rings. The molecule has 0 aromatic carbocycles. The number of rotatable bonds is 5. The maximum absolute atomic E-state index is 11.3. The van der Waals surface area contributed by atoms with Crippen LogP contribution in [0.1, 0.15) is 51.9 Å². The Balaban J connectivity index is 2.08. The van der Waals surface area contributed by atoms with Crippen LogP contribution in [0, 0.1) is 5.92 Å². The average molecular weight is 183 g/mol. The molecule has 1 amide bonds. The number of hydrogen-bond donors (Lipinski definition) is 1. The van der Waals surface area contributed by atoms with Gasteiger partial charge in [0.05, 0.1) is 0 Å². The van der Waals surface area contributed by atoms with Crippen molar-refractivity contribution in [2.24, 2.45) is 5.92 Å². The summed E-state index contributed by atoms with van der Waals surface area (Å²) in [4.78, 5) is 11.3. The smallest absolute Gasteiger partial charge is 0.223 e. The summed E-state index contributed by atoms with van der Waals surface area (Å²) in [6.45, 7) is 3.11. The molecule has 0 saturated carbocycles. The molecule has 0 radical (unpaired) electrons. The van der Waals surface area contributed by atoms with Crippen molar-refractivity contribution in [1.82, 2.24) is 5.32 Å². The van der Waals surface area contributed by atoms with Crippen LogP contribution in [0.15, 0.2) is 0 Å². The molecule has 1 heterocycles. The van der Waals surface area contributed by atoms with Gasteiger partial charge in [0.25, 0.3) is 0 Å². The van der Waals surface area contributed by atoms with Gasteiger partial charge in [0, 0.05) is 12.5 Å². The lowest BCUT2D eigenvalue weighted by atomic mass is 9.93. The minimum Gasteiger partial charge on any atom is -0.356 e. The van der Waals surface area contributed by atoms with Gasteiger partial charge in [-0.3, -0.25) is 4.79 Å². The predicted molar refractivity (Wildman–Crippen MR) is 54.5 cm³/mol. The van der Waals surface area contributed by atoms with E-state index in [1.165, 1.54) is 32.1 Å². The van der Waals surface area contributed by atoms with Crippen molar-refractivity contribution in [3.8, 4) is 0 Å². The quantitative estimate of drug-likeness (QED) is 0.652. The number of carbonyl (C=O) groups is 1. The van der Waals surface area contributed by atoms with Crippen LogP contribution in [-0.4, -0.2) is 12.5 Å².